The zero-order chi connectivity index (χ0) is 15.3. The number of aryl methyl sites for hydroxylation is 1. The molecule has 120 valence electrons. The van der Waals surface area contributed by atoms with Crippen molar-refractivity contribution < 1.29 is 9.53 Å². The Balaban J connectivity index is 0.00000400. The highest BCUT2D eigenvalue weighted by Gasteiger charge is 2.18. The second kappa shape index (κ2) is 8.90. The van der Waals surface area contributed by atoms with Crippen LogP contribution in [0.2, 0.25) is 0 Å². The highest BCUT2D eigenvalue weighted by Crippen LogP contribution is 2.28. The molecule has 4 nitrogen and oxygen atoms in total. The van der Waals surface area contributed by atoms with E-state index in [1.807, 2.05) is 19.9 Å². The normalized spacial score (nSPS) is 13.3. The van der Waals surface area contributed by atoms with Gasteiger partial charge >= 0.3 is 0 Å². The Morgan fingerprint density at radius 3 is 2.43 bits per heavy atom. The van der Waals surface area contributed by atoms with Gasteiger partial charge in [-0.05, 0) is 43.9 Å². The topological polar surface area (TPSA) is 64.3 Å². The number of hydrogen-bond donors (Lipinski definition) is 2. The minimum atomic E-state index is -0.539. The van der Waals surface area contributed by atoms with Gasteiger partial charge in [0.1, 0.15) is 5.75 Å². The lowest BCUT2D eigenvalue weighted by Gasteiger charge is -2.20. The molecule has 0 radical (unpaired) electrons. The molecular weight excluding hydrogens is 288 g/mol. The van der Waals surface area contributed by atoms with Crippen molar-refractivity contribution in [2.75, 3.05) is 6.54 Å². The maximum absolute atomic E-state index is 12.0. The Morgan fingerprint density at radius 2 is 1.90 bits per heavy atom. The van der Waals surface area contributed by atoms with Crippen LogP contribution in [0.3, 0.4) is 0 Å². The van der Waals surface area contributed by atoms with E-state index in [0.717, 1.165) is 16.9 Å². The van der Waals surface area contributed by atoms with E-state index in [9.17, 15) is 4.79 Å². The highest BCUT2D eigenvalue weighted by atomic mass is 35.5. The number of hydrogen-bond acceptors (Lipinski definition) is 3. The van der Waals surface area contributed by atoms with Gasteiger partial charge in [0.05, 0.1) is 0 Å². The molecule has 0 aromatic heterocycles. The minimum absolute atomic E-state index is 0. The van der Waals surface area contributed by atoms with Crippen molar-refractivity contribution in [2.24, 2.45) is 5.73 Å². The fraction of sp³-hybridized carbons (Fsp3) is 0.562. The van der Waals surface area contributed by atoms with Crippen LogP contribution in [0.5, 0.6) is 5.75 Å². The van der Waals surface area contributed by atoms with Crippen molar-refractivity contribution in [1.82, 2.24) is 5.32 Å². The summed E-state index contributed by atoms with van der Waals surface area (Å²) in [6.07, 6.45) is -0.539. The predicted octanol–water partition coefficient (Wildman–Crippen LogP) is 2.77. The second-order valence-corrected chi connectivity index (χ2v) is 5.60. The lowest BCUT2D eigenvalue weighted by atomic mass is 10.0. The first-order chi connectivity index (χ1) is 9.35. The molecular formula is C16H27ClN2O2. The number of nitrogens with one attached hydrogen (secondary N) is 1. The van der Waals surface area contributed by atoms with Crippen LogP contribution < -0.4 is 15.8 Å². The number of nitrogens with two attached hydrogens (primary N) is 1. The third kappa shape index (κ3) is 5.94. The van der Waals surface area contributed by atoms with Crippen LogP contribution in [0.15, 0.2) is 18.2 Å². The van der Waals surface area contributed by atoms with Crippen molar-refractivity contribution in [3.05, 3.63) is 29.3 Å². The van der Waals surface area contributed by atoms with Gasteiger partial charge in [-0.2, -0.15) is 0 Å². The van der Waals surface area contributed by atoms with E-state index in [4.69, 9.17) is 10.5 Å². The summed E-state index contributed by atoms with van der Waals surface area (Å²) in [5.74, 6) is 0.992. The molecule has 3 N–H and O–H groups in total. The van der Waals surface area contributed by atoms with Crippen LogP contribution in [0.1, 0.15) is 44.7 Å². The van der Waals surface area contributed by atoms with Crippen LogP contribution >= 0.6 is 12.4 Å². The largest absolute Gasteiger partial charge is 0.481 e. The van der Waals surface area contributed by atoms with Crippen LogP contribution in [-0.2, 0) is 4.79 Å². The fourth-order valence-corrected chi connectivity index (χ4v) is 1.88. The lowest BCUT2D eigenvalue weighted by Crippen LogP contribution is -2.44. The van der Waals surface area contributed by atoms with Crippen LogP contribution in [0.4, 0.5) is 0 Å². The molecule has 0 aliphatic carbocycles. The summed E-state index contributed by atoms with van der Waals surface area (Å²) >= 11 is 0. The van der Waals surface area contributed by atoms with E-state index in [-0.39, 0.29) is 24.4 Å². The van der Waals surface area contributed by atoms with Crippen molar-refractivity contribution in [3.63, 3.8) is 0 Å². The maximum atomic E-state index is 12.0. The van der Waals surface area contributed by atoms with E-state index < -0.39 is 6.10 Å². The quantitative estimate of drug-likeness (QED) is 0.848. The van der Waals surface area contributed by atoms with Crippen molar-refractivity contribution in [3.8, 4) is 5.75 Å². The summed E-state index contributed by atoms with van der Waals surface area (Å²) in [4.78, 5) is 12.0. The SMILES string of the molecule is Cc1ccc(C(C)C)c(OC(C)C(=O)N[C@@H](C)CN)c1.Cl. The van der Waals surface area contributed by atoms with Crippen LogP contribution in [0, 0.1) is 6.92 Å². The van der Waals surface area contributed by atoms with E-state index in [0.29, 0.717) is 12.5 Å². The average molecular weight is 315 g/mol. The smallest absolute Gasteiger partial charge is 0.261 e. The molecule has 2 atom stereocenters. The Bertz CT molecular complexity index is 464. The number of carbonyl (C=O) groups is 1. The summed E-state index contributed by atoms with van der Waals surface area (Å²) in [7, 11) is 0. The van der Waals surface area contributed by atoms with Gasteiger partial charge in [-0.1, -0.05) is 26.0 Å². The average Bonchev–Trinajstić information content (AvgIpc) is 2.38. The first-order valence-corrected chi connectivity index (χ1v) is 7.12. The first-order valence-electron chi connectivity index (χ1n) is 7.12. The van der Waals surface area contributed by atoms with Crippen LogP contribution in [0.25, 0.3) is 0 Å². The molecule has 0 aliphatic rings. The molecule has 0 aliphatic heterocycles. The van der Waals surface area contributed by atoms with Crippen molar-refractivity contribution in [2.45, 2.75) is 52.7 Å². The molecule has 1 aromatic carbocycles. The zero-order valence-electron chi connectivity index (χ0n) is 13.5. The fourth-order valence-electron chi connectivity index (χ4n) is 1.88. The number of halogens is 1. The zero-order valence-corrected chi connectivity index (χ0v) is 14.3. The standard InChI is InChI=1S/C16H26N2O2.ClH/c1-10(2)14-7-6-11(3)8-15(14)20-13(5)16(19)18-12(4)9-17;/h6-8,10,12-13H,9,17H2,1-5H3,(H,18,19);1H/t12-,13?;/m0./s1. The van der Waals surface area contributed by atoms with Gasteiger partial charge in [-0.3, -0.25) is 4.79 Å². The van der Waals surface area contributed by atoms with Crippen molar-refractivity contribution in [1.29, 1.82) is 0 Å². The molecule has 0 fully saturated rings. The number of benzene rings is 1. The summed E-state index contributed by atoms with van der Waals surface area (Å²) in [5, 5.41) is 2.82. The molecule has 1 aromatic rings. The maximum Gasteiger partial charge on any atom is 0.261 e. The van der Waals surface area contributed by atoms with Gasteiger partial charge in [0, 0.05) is 12.6 Å². The van der Waals surface area contributed by atoms with E-state index >= 15 is 0 Å². The summed E-state index contributed by atoms with van der Waals surface area (Å²) in [6, 6.07) is 6.05. The molecule has 0 bridgehead atoms. The first kappa shape index (κ1) is 19.7. The van der Waals surface area contributed by atoms with E-state index in [1.54, 1.807) is 6.92 Å². The Labute approximate surface area is 133 Å². The molecule has 5 heteroatoms. The molecule has 0 saturated carbocycles. The molecule has 0 saturated heterocycles. The van der Waals surface area contributed by atoms with Gasteiger partial charge in [0.2, 0.25) is 0 Å². The molecule has 1 unspecified atom stereocenters. The van der Waals surface area contributed by atoms with Gasteiger partial charge in [-0.15, -0.1) is 12.4 Å². The highest BCUT2D eigenvalue weighted by molar-refractivity contribution is 5.85. The van der Waals surface area contributed by atoms with Crippen molar-refractivity contribution >= 4 is 18.3 Å². The van der Waals surface area contributed by atoms with Gasteiger partial charge in [0.25, 0.3) is 5.91 Å². The van der Waals surface area contributed by atoms with E-state index in [2.05, 4.69) is 31.3 Å². The molecule has 1 amide bonds. The number of amides is 1. The second-order valence-electron chi connectivity index (χ2n) is 5.60. The van der Waals surface area contributed by atoms with Gasteiger partial charge in [0.15, 0.2) is 6.10 Å². The Kier molecular flexibility index (Phi) is 8.37. The van der Waals surface area contributed by atoms with E-state index in [1.165, 1.54) is 0 Å². The Morgan fingerprint density at radius 1 is 1.29 bits per heavy atom. The Hall–Kier alpha value is -1.26. The third-order valence-electron chi connectivity index (χ3n) is 3.21. The number of rotatable bonds is 6. The van der Waals surface area contributed by atoms with Crippen LogP contribution in [-0.4, -0.2) is 24.6 Å². The summed E-state index contributed by atoms with van der Waals surface area (Å²) in [5.41, 5.74) is 7.73. The molecule has 21 heavy (non-hydrogen) atoms. The predicted molar refractivity (Wildman–Crippen MR) is 89.3 cm³/mol. The minimum Gasteiger partial charge on any atom is -0.481 e. The number of ether oxygens (including phenoxy) is 1. The molecule has 1 rings (SSSR count). The molecule has 0 spiro atoms. The lowest BCUT2D eigenvalue weighted by molar-refractivity contribution is -0.127. The van der Waals surface area contributed by atoms with Gasteiger partial charge < -0.3 is 15.8 Å². The molecule has 0 heterocycles. The third-order valence-corrected chi connectivity index (χ3v) is 3.21. The van der Waals surface area contributed by atoms with Gasteiger partial charge in [-0.25, -0.2) is 0 Å². The summed E-state index contributed by atoms with van der Waals surface area (Å²) < 4.78 is 5.84. The number of carbonyl (C=O) groups excluding carboxylic acids is 1. The summed E-state index contributed by atoms with van der Waals surface area (Å²) in [6.45, 7) is 10.3. The monoisotopic (exact) mass is 314 g/mol.